The van der Waals surface area contributed by atoms with Gasteiger partial charge in [0, 0.05) is 35.0 Å². The highest BCUT2D eigenvalue weighted by molar-refractivity contribution is 6.30. The van der Waals surface area contributed by atoms with Gasteiger partial charge >= 0.3 is 12.2 Å². The number of nitrogens with zero attached hydrogens (tertiary/aromatic N) is 4. The molecular formula is C24H19ClF3N5O. The minimum atomic E-state index is -4.36. The third kappa shape index (κ3) is 4.26. The van der Waals surface area contributed by atoms with Crippen molar-refractivity contribution in [1.29, 1.82) is 0 Å². The maximum atomic E-state index is 13.7. The molecule has 1 aliphatic heterocycles. The SMILES string of the molecule is Cn1cc2cc(N3Cc4ccc(NCC(F)(F)F)cc4N(c4ccc(Cl)cc4)C3=O)ccc2n1. The minimum Gasteiger partial charge on any atom is -0.376 e. The van der Waals surface area contributed by atoms with E-state index in [0.29, 0.717) is 22.1 Å². The van der Waals surface area contributed by atoms with E-state index in [1.165, 1.54) is 4.90 Å². The van der Waals surface area contributed by atoms with Crippen molar-refractivity contribution >= 4 is 51.3 Å². The number of alkyl halides is 3. The highest BCUT2D eigenvalue weighted by Crippen LogP contribution is 2.39. The third-order valence-electron chi connectivity index (χ3n) is 5.57. The van der Waals surface area contributed by atoms with E-state index < -0.39 is 12.7 Å². The number of benzene rings is 3. The summed E-state index contributed by atoms with van der Waals surface area (Å²) in [7, 11) is 1.83. The van der Waals surface area contributed by atoms with Gasteiger partial charge in [-0.1, -0.05) is 17.7 Å². The molecule has 0 radical (unpaired) electrons. The van der Waals surface area contributed by atoms with E-state index in [2.05, 4.69) is 10.4 Å². The topological polar surface area (TPSA) is 53.4 Å². The second kappa shape index (κ2) is 8.25. The Hall–Kier alpha value is -3.72. The molecule has 1 aliphatic rings. The maximum absolute atomic E-state index is 13.7. The van der Waals surface area contributed by atoms with Gasteiger partial charge < -0.3 is 5.32 Å². The van der Waals surface area contributed by atoms with E-state index in [0.717, 1.165) is 16.5 Å². The molecule has 5 rings (SSSR count). The van der Waals surface area contributed by atoms with Crippen LogP contribution in [0.1, 0.15) is 5.56 Å². The number of aryl methyl sites for hydroxylation is 1. The van der Waals surface area contributed by atoms with Crippen LogP contribution in [0.5, 0.6) is 0 Å². The number of fused-ring (bicyclic) bond motifs is 2. The molecule has 34 heavy (non-hydrogen) atoms. The highest BCUT2D eigenvalue weighted by atomic mass is 35.5. The molecule has 0 saturated heterocycles. The largest absolute Gasteiger partial charge is 0.405 e. The van der Waals surface area contributed by atoms with Gasteiger partial charge in [0.25, 0.3) is 0 Å². The summed E-state index contributed by atoms with van der Waals surface area (Å²) in [6, 6.07) is 16.9. The van der Waals surface area contributed by atoms with Crippen LogP contribution in [0.3, 0.4) is 0 Å². The summed E-state index contributed by atoms with van der Waals surface area (Å²) in [5.74, 6) is 0. The van der Waals surface area contributed by atoms with Crippen LogP contribution in [0.15, 0.2) is 66.9 Å². The first-order chi connectivity index (χ1) is 16.2. The first-order valence-corrected chi connectivity index (χ1v) is 10.8. The molecule has 0 saturated carbocycles. The number of carbonyl (C=O) groups excluding carboxylic acids is 1. The van der Waals surface area contributed by atoms with Crippen LogP contribution in [0.2, 0.25) is 5.02 Å². The van der Waals surface area contributed by atoms with Gasteiger partial charge in [0.15, 0.2) is 0 Å². The van der Waals surface area contributed by atoms with Crippen molar-refractivity contribution in [3.63, 3.8) is 0 Å². The zero-order chi connectivity index (χ0) is 24.0. The van der Waals surface area contributed by atoms with E-state index in [9.17, 15) is 18.0 Å². The molecule has 4 aromatic rings. The Morgan fingerprint density at radius 1 is 1.03 bits per heavy atom. The Balaban J connectivity index is 1.58. The van der Waals surface area contributed by atoms with Crippen LogP contribution in [-0.4, -0.2) is 28.5 Å². The van der Waals surface area contributed by atoms with Gasteiger partial charge in [-0.15, -0.1) is 0 Å². The Bertz CT molecular complexity index is 1380. The van der Waals surface area contributed by atoms with Gasteiger partial charge in [0.2, 0.25) is 0 Å². The molecule has 0 spiro atoms. The molecular weight excluding hydrogens is 467 g/mol. The number of carbonyl (C=O) groups is 1. The Morgan fingerprint density at radius 2 is 1.76 bits per heavy atom. The number of anilines is 4. The average molecular weight is 486 g/mol. The molecule has 2 heterocycles. The molecule has 2 amide bonds. The quantitative estimate of drug-likeness (QED) is 0.360. The number of rotatable bonds is 4. The minimum absolute atomic E-state index is 0.267. The number of urea groups is 1. The van der Waals surface area contributed by atoms with Crippen molar-refractivity contribution in [3.8, 4) is 0 Å². The maximum Gasteiger partial charge on any atom is 0.405 e. The lowest BCUT2D eigenvalue weighted by atomic mass is 10.1. The standard InChI is InChI=1S/C24H19ClF3N5O/c1-31-12-16-10-20(8-9-21(16)30-31)32-13-15-2-5-18(29-14-24(26,27)28)11-22(15)33(23(32)34)19-6-3-17(25)4-7-19/h2-12,29H,13-14H2,1H3. The Kier molecular flexibility index (Phi) is 5.36. The van der Waals surface area contributed by atoms with Crippen molar-refractivity contribution in [3.05, 3.63) is 77.4 Å². The molecule has 3 aromatic carbocycles. The van der Waals surface area contributed by atoms with Crippen LogP contribution >= 0.6 is 11.6 Å². The van der Waals surface area contributed by atoms with Crippen molar-refractivity contribution < 1.29 is 18.0 Å². The fourth-order valence-electron chi connectivity index (χ4n) is 4.03. The molecule has 0 atom stereocenters. The third-order valence-corrected chi connectivity index (χ3v) is 5.82. The predicted molar refractivity (Wildman–Crippen MR) is 127 cm³/mol. The van der Waals surface area contributed by atoms with Crippen LogP contribution in [0.25, 0.3) is 10.9 Å². The van der Waals surface area contributed by atoms with Crippen LogP contribution in [0.4, 0.5) is 40.7 Å². The first kappa shape index (κ1) is 22.1. The smallest absolute Gasteiger partial charge is 0.376 e. The molecule has 0 bridgehead atoms. The molecule has 174 valence electrons. The average Bonchev–Trinajstić information content (AvgIpc) is 3.17. The monoisotopic (exact) mass is 485 g/mol. The molecule has 1 aromatic heterocycles. The second-order valence-corrected chi connectivity index (χ2v) is 8.48. The van der Waals surface area contributed by atoms with E-state index in [1.807, 2.05) is 31.4 Å². The summed E-state index contributed by atoms with van der Waals surface area (Å²) in [5.41, 5.74) is 3.63. The summed E-state index contributed by atoms with van der Waals surface area (Å²) in [5, 5.41) is 8.16. The zero-order valence-electron chi connectivity index (χ0n) is 18.0. The number of halogens is 4. The van der Waals surface area contributed by atoms with Gasteiger partial charge in [-0.25, -0.2) is 4.79 Å². The number of nitrogens with one attached hydrogen (secondary N) is 1. The van der Waals surface area contributed by atoms with Crippen molar-refractivity contribution in [2.75, 3.05) is 21.7 Å². The fraction of sp³-hybridized carbons (Fsp3) is 0.167. The molecule has 1 N–H and O–H groups in total. The van der Waals surface area contributed by atoms with Crippen molar-refractivity contribution in [2.24, 2.45) is 7.05 Å². The lowest BCUT2D eigenvalue weighted by molar-refractivity contribution is -0.115. The zero-order valence-corrected chi connectivity index (χ0v) is 18.7. The summed E-state index contributed by atoms with van der Waals surface area (Å²) < 4.78 is 39.9. The van der Waals surface area contributed by atoms with E-state index >= 15 is 0 Å². The number of amides is 2. The van der Waals surface area contributed by atoms with Crippen LogP contribution in [-0.2, 0) is 13.6 Å². The van der Waals surface area contributed by atoms with Gasteiger partial charge in [-0.2, -0.15) is 18.3 Å². The Morgan fingerprint density at radius 3 is 2.50 bits per heavy atom. The second-order valence-electron chi connectivity index (χ2n) is 8.04. The van der Waals surface area contributed by atoms with Gasteiger partial charge in [0.05, 0.1) is 23.4 Å². The summed E-state index contributed by atoms with van der Waals surface area (Å²) >= 11 is 6.04. The Labute approximate surface area is 198 Å². The summed E-state index contributed by atoms with van der Waals surface area (Å²) in [6.07, 6.45) is -2.49. The lowest BCUT2D eigenvalue weighted by Gasteiger charge is -2.37. The lowest BCUT2D eigenvalue weighted by Crippen LogP contribution is -2.45. The molecule has 0 aliphatic carbocycles. The molecule has 0 unspecified atom stereocenters. The van der Waals surface area contributed by atoms with Gasteiger partial charge in [-0.05, 0) is 60.2 Å². The normalized spacial score (nSPS) is 14.0. The highest BCUT2D eigenvalue weighted by Gasteiger charge is 2.33. The number of hydrogen-bond donors (Lipinski definition) is 1. The van der Waals surface area contributed by atoms with Crippen LogP contribution in [0, 0.1) is 0 Å². The first-order valence-electron chi connectivity index (χ1n) is 10.4. The van der Waals surface area contributed by atoms with Crippen molar-refractivity contribution in [1.82, 2.24) is 9.78 Å². The van der Waals surface area contributed by atoms with Gasteiger partial charge in [-0.3, -0.25) is 14.5 Å². The van der Waals surface area contributed by atoms with Crippen LogP contribution < -0.4 is 15.1 Å². The molecule has 6 nitrogen and oxygen atoms in total. The van der Waals surface area contributed by atoms with Crippen molar-refractivity contribution in [2.45, 2.75) is 12.7 Å². The summed E-state index contributed by atoms with van der Waals surface area (Å²) in [6.45, 7) is -0.901. The van der Waals surface area contributed by atoms with E-state index in [-0.39, 0.29) is 18.3 Å². The molecule has 10 heteroatoms. The molecule has 0 fully saturated rings. The van der Waals surface area contributed by atoms with E-state index in [1.54, 1.807) is 52.0 Å². The summed E-state index contributed by atoms with van der Waals surface area (Å²) in [4.78, 5) is 16.9. The van der Waals surface area contributed by atoms with E-state index in [4.69, 9.17) is 11.6 Å². The predicted octanol–water partition coefficient (Wildman–Crippen LogP) is 6.48. The fourth-order valence-corrected chi connectivity index (χ4v) is 4.15. The number of aromatic nitrogens is 2. The van der Waals surface area contributed by atoms with Gasteiger partial charge in [0.1, 0.15) is 6.54 Å². The number of hydrogen-bond acceptors (Lipinski definition) is 3.